The summed E-state index contributed by atoms with van der Waals surface area (Å²) in [6, 6.07) is 18.2. The number of primary sulfonamides is 1. The van der Waals surface area contributed by atoms with Crippen LogP contribution in [0.2, 0.25) is 0 Å². The summed E-state index contributed by atoms with van der Waals surface area (Å²) < 4.78 is 45.8. The number of carbonyl (C=O) groups is 1. The molecular formula is C31H29FN4O5S2. The van der Waals surface area contributed by atoms with E-state index in [0.29, 0.717) is 39.7 Å². The van der Waals surface area contributed by atoms with Gasteiger partial charge < -0.3 is 9.84 Å². The van der Waals surface area contributed by atoms with Crippen LogP contribution < -0.4 is 9.88 Å². The minimum absolute atomic E-state index is 0.0000336. The molecule has 3 N–H and O–H groups in total. The summed E-state index contributed by atoms with van der Waals surface area (Å²) in [6.45, 7) is 3.56. The first-order valence-corrected chi connectivity index (χ1v) is 16.0. The fraction of sp³-hybridized carbons (Fsp3) is 0.194. The molecular weight excluding hydrogens is 591 g/mol. The zero-order valence-corrected chi connectivity index (χ0v) is 25.1. The van der Waals surface area contributed by atoms with Crippen molar-refractivity contribution in [2.45, 2.75) is 30.1 Å². The number of sulfonamides is 1. The monoisotopic (exact) mass is 620 g/mol. The number of thioether (sulfide) groups is 1. The van der Waals surface area contributed by atoms with Crippen LogP contribution in [0.15, 0.2) is 88.9 Å². The van der Waals surface area contributed by atoms with Gasteiger partial charge in [-0.1, -0.05) is 42.6 Å². The third-order valence-corrected chi connectivity index (χ3v) is 8.64. The summed E-state index contributed by atoms with van der Waals surface area (Å²) in [7, 11) is -2.31. The zero-order valence-electron chi connectivity index (χ0n) is 23.5. The second-order valence-electron chi connectivity index (χ2n) is 10.0. The maximum Gasteiger partial charge on any atom is 0.353 e. The van der Waals surface area contributed by atoms with E-state index in [1.165, 1.54) is 30.0 Å². The van der Waals surface area contributed by atoms with E-state index in [1.54, 1.807) is 66.6 Å². The van der Waals surface area contributed by atoms with Gasteiger partial charge in [-0.15, -0.1) is 0 Å². The standard InChI is InChI=1S/C31H29FN4O5S2/c1-18(30(37)38)34-31(42-3)36-29(20-9-10-20)26(15-19-7-12-24(13-8-19)43(33,39)40)28(35-36)22-11-14-27(32)25(17-22)21-5-4-6-23(16-21)41-2/h4-8,11-14,16-17,20H,1,9-10,15H2,2-3H3,(H,37,38)(H2,33,39,40)/b34-31-. The van der Waals surface area contributed by atoms with Crippen LogP contribution in [-0.2, 0) is 21.2 Å². The molecule has 4 aromatic rings. The molecule has 222 valence electrons. The van der Waals surface area contributed by atoms with Crippen LogP contribution in [0.4, 0.5) is 4.39 Å². The SMILES string of the molecule is C=C(/N=C(\SC)n1nc(-c2ccc(F)c(-c3cccc(OC)c3)c2)c(Cc2ccc(S(N)(=O)=O)cc2)c1C1CC1)C(=O)O. The van der Waals surface area contributed by atoms with Gasteiger partial charge in [0.2, 0.25) is 10.0 Å². The van der Waals surface area contributed by atoms with Gasteiger partial charge in [0.05, 0.1) is 23.4 Å². The number of carboxylic acid groups (broad SMARTS) is 1. The van der Waals surface area contributed by atoms with Crippen molar-refractivity contribution in [3.8, 4) is 28.1 Å². The molecule has 1 saturated carbocycles. The third-order valence-electron chi connectivity index (χ3n) is 7.08. The fourth-order valence-corrected chi connectivity index (χ4v) is 5.85. The lowest BCUT2D eigenvalue weighted by Gasteiger charge is -2.11. The molecule has 0 spiro atoms. The Morgan fingerprint density at radius 1 is 1.16 bits per heavy atom. The molecule has 0 saturated heterocycles. The smallest absolute Gasteiger partial charge is 0.353 e. The van der Waals surface area contributed by atoms with Crippen molar-refractivity contribution in [2.75, 3.05) is 13.4 Å². The van der Waals surface area contributed by atoms with E-state index >= 15 is 4.39 Å². The molecule has 12 heteroatoms. The molecule has 0 atom stereocenters. The number of aromatic nitrogens is 2. The maximum atomic E-state index is 15.2. The number of hydrogen-bond donors (Lipinski definition) is 2. The van der Waals surface area contributed by atoms with Crippen LogP contribution in [-0.4, -0.2) is 47.8 Å². The van der Waals surface area contributed by atoms with E-state index in [-0.39, 0.29) is 16.5 Å². The number of benzene rings is 3. The lowest BCUT2D eigenvalue weighted by atomic mass is 9.95. The van der Waals surface area contributed by atoms with Crippen LogP contribution >= 0.6 is 11.8 Å². The molecule has 0 unspecified atom stereocenters. The van der Waals surface area contributed by atoms with Gasteiger partial charge in [-0.05, 0) is 72.7 Å². The number of hydrogen-bond acceptors (Lipinski definition) is 7. The Hall–Kier alpha value is -4.26. The van der Waals surface area contributed by atoms with Gasteiger partial charge in [0, 0.05) is 29.0 Å². The summed E-state index contributed by atoms with van der Waals surface area (Å²) in [5.74, 6) is -0.925. The molecule has 0 amide bonds. The number of nitrogens with zero attached hydrogens (tertiary/aromatic N) is 3. The number of rotatable bonds is 9. The molecule has 1 heterocycles. The van der Waals surface area contributed by atoms with Crippen LogP contribution in [0.3, 0.4) is 0 Å². The van der Waals surface area contributed by atoms with Crippen LogP contribution in [0.1, 0.15) is 35.6 Å². The Labute approximate surface area is 253 Å². The summed E-state index contributed by atoms with van der Waals surface area (Å²) in [6.07, 6.45) is 3.96. The molecule has 1 aromatic heterocycles. The first-order valence-electron chi connectivity index (χ1n) is 13.2. The van der Waals surface area contributed by atoms with Gasteiger partial charge in [0.25, 0.3) is 0 Å². The number of aliphatic imine (C=N–C) groups is 1. The van der Waals surface area contributed by atoms with Crippen LogP contribution in [0.5, 0.6) is 5.75 Å². The maximum absolute atomic E-state index is 15.2. The quantitative estimate of drug-likeness (QED) is 0.140. The molecule has 0 bridgehead atoms. The summed E-state index contributed by atoms with van der Waals surface area (Å²) >= 11 is 1.23. The third kappa shape index (κ3) is 6.56. The molecule has 0 radical (unpaired) electrons. The largest absolute Gasteiger partial charge is 0.497 e. The highest BCUT2D eigenvalue weighted by Crippen LogP contribution is 2.45. The highest BCUT2D eigenvalue weighted by molar-refractivity contribution is 8.13. The zero-order chi connectivity index (χ0) is 30.9. The Morgan fingerprint density at radius 2 is 1.88 bits per heavy atom. The minimum Gasteiger partial charge on any atom is -0.497 e. The Balaban J connectivity index is 1.71. The van der Waals surface area contributed by atoms with Crippen molar-refractivity contribution in [2.24, 2.45) is 10.1 Å². The predicted molar refractivity (Wildman–Crippen MR) is 165 cm³/mol. The minimum atomic E-state index is -3.86. The highest BCUT2D eigenvalue weighted by Gasteiger charge is 2.34. The molecule has 1 fully saturated rings. The molecule has 0 aliphatic heterocycles. The van der Waals surface area contributed by atoms with Gasteiger partial charge in [0.15, 0.2) is 5.17 Å². The second kappa shape index (κ2) is 12.2. The number of carboxylic acids is 1. The Bertz CT molecular complexity index is 1860. The second-order valence-corrected chi connectivity index (χ2v) is 12.4. The number of nitrogens with two attached hydrogens (primary N) is 1. The Morgan fingerprint density at radius 3 is 2.49 bits per heavy atom. The molecule has 1 aliphatic carbocycles. The number of ether oxygens (including phenoxy) is 1. The van der Waals surface area contributed by atoms with E-state index in [9.17, 15) is 18.3 Å². The molecule has 43 heavy (non-hydrogen) atoms. The number of aliphatic carboxylic acids is 1. The average Bonchev–Trinajstić information content (AvgIpc) is 3.76. The van der Waals surface area contributed by atoms with Crippen molar-refractivity contribution in [1.29, 1.82) is 0 Å². The van der Waals surface area contributed by atoms with Gasteiger partial charge in [-0.3, -0.25) is 0 Å². The van der Waals surface area contributed by atoms with Crippen LogP contribution in [0.25, 0.3) is 22.4 Å². The molecule has 1 aliphatic rings. The van der Waals surface area contributed by atoms with Gasteiger partial charge in [0.1, 0.15) is 17.3 Å². The van der Waals surface area contributed by atoms with E-state index < -0.39 is 21.8 Å². The lowest BCUT2D eigenvalue weighted by molar-refractivity contribution is -0.132. The van der Waals surface area contributed by atoms with E-state index in [0.717, 1.165) is 29.7 Å². The van der Waals surface area contributed by atoms with E-state index in [4.69, 9.17) is 15.0 Å². The van der Waals surface area contributed by atoms with Crippen molar-refractivity contribution >= 4 is 32.9 Å². The van der Waals surface area contributed by atoms with Crippen molar-refractivity contribution in [3.05, 3.63) is 102 Å². The fourth-order valence-electron chi connectivity index (χ4n) is 4.82. The van der Waals surface area contributed by atoms with E-state index in [1.807, 2.05) is 0 Å². The predicted octanol–water partition coefficient (Wildman–Crippen LogP) is 5.65. The number of halogens is 1. The van der Waals surface area contributed by atoms with Gasteiger partial charge >= 0.3 is 5.97 Å². The first-order chi connectivity index (χ1) is 20.5. The van der Waals surface area contributed by atoms with E-state index in [2.05, 4.69) is 11.6 Å². The van der Waals surface area contributed by atoms with Gasteiger partial charge in [-0.2, -0.15) is 5.10 Å². The lowest BCUT2D eigenvalue weighted by Crippen LogP contribution is -2.15. The average molecular weight is 621 g/mol. The Kier molecular flexibility index (Phi) is 8.54. The summed E-state index contributed by atoms with van der Waals surface area (Å²) in [5, 5.41) is 20.0. The summed E-state index contributed by atoms with van der Waals surface area (Å²) in [5.41, 5.74) is 4.40. The molecule has 9 nitrogen and oxygen atoms in total. The van der Waals surface area contributed by atoms with Crippen molar-refractivity contribution in [1.82, 2.24) is 9.78 Å². The highest BCUT2D eigenvalue weighted by atomic mass is 32.2. The molecule has 5 rings (SSSR count). The van der Waals surface area contributed by atoms with Crippen molar-refractivity contribution < 1.29 is 27.4 Å². The van der Waals surface area contributed by atoms with Gasteiger partial charge in [-0.25, -0.2) is 32.4 Å². The summed E-state index contributed by atoms with van der Waals surface area (Å²) in [4.78, 5) is 15.8. The van der Waals surface area contributed by atoms with Crippen LogP contribution in [0, 0.1) is 5.82 Å². The molecule has 3 aromatic carbocycles. The number of methoxy groups -OCH3 is 1. The topological polar surface area (TPSA) is 137 Å². The normalized spacial score (nSPS) is 13.6. The first kappa shape index (κ1) is 30.2. The van der Waals surface area contributed by atoms with Crippen molar-refractivity contribution in [3.63, 3.8) is 0 Å².